The Morgan fingerprint density at radius 3 is 2.62 bits per heavy atom. The van der Waals surface area contributed by atoms with E-state index < -0.39 is 0 Å². The number of likely N-dealkylation sites (tertiary alicyclic amines) is 1. The van der Waals surface area contributed by atoms with Gasteiger partial charge in [0.2, 0.25) is 0 Å². The molecule has 2 fully saturated rings. The lowest BCUT2D eigenvalue weighted by molar-refractivity contribution is 0.245. The quantitative estimate of drug-likeness (QED) is 0.346. The highest BCUT2D eigenvalue weighted by Crippen LogP contribution is 2.32. The number of aliphatic imine (C=N–C) groups is 1. The van der Waals surface area contributed by atoms with Gasteiger partial charge in [-0.2, -0.15) is 0 Å². The number of nitrogens with zero attached hydrogens (tertiary/aromatic N) is 2. The summed E-state index contributed by atoms with van der Waals surface area (Å²) in [7, 11) is 1.75. The number of hydrogen-bond acceptors (Lipinski definition) is 3. The average Bonchev–Trinajstić information content (AvgIpc) is 3.32. The Kier molecular flexibility index (Phi) is 8.98. The molecule has 2 aliphatic rings. The highest BCUT2D eigenvalue weighted by molar-refractivity contribution is 14.0. The van der Waals surface area contributed by atoms with Crippen LogP contribution >= 0.6 is 24.0 Å². The first kappa shape index (κ1) is 21.3. The molecule has 2 N–H and O–H groups in total. The molecule has 3 rings (SSSR count). The minimum atomic E-state index is 0. The Morgan fingerprint density at radius 2 is 1.96 bits per heavy atom. The zero-order valence-electron chi connectivity index (χ0n) is 16.0. The molecule has 1 heterocycles. The lowest BCUT2D eigenvalue weighted by atomic mass is 10.0. The summed E-state index contributed by atoms with van der Waals surface area (Å²) in [6.07, 6.45) is 5.25. The van der Waals surface area contributed by atoms with Crippen LogP contribution in [-0.4, -0.2) is 50.7 Å². The number of rotatable bonds is 8. The van der Waals surface area contributed by atoms with Crippen molar-refractivity contribution < 1.29 is 4.74 Å². The number of ether oxygens (including phenoxy) is 1. The number of hydrogen-bond donors (Lipinski definition) is 2. The van der Waals surface area contributed by atoms with E-state index >= 15 is 0 Å². The third kappa shape index (κ3) is 6.01. The topological polar surface area (TPSA) is 48.9 Å². The molecule has 1 aliphatic heterocycles. The van der Waals surface area contributed by atoms with Crippen LogP contribution in [-0.2, 0) is 0 Å². The van der Waals surface area contributed by atoms with Crippen molar-refractivity contribution in [3.8, 4) is 5.75 Å². The van der Waals surface area contributed by atoms with Crippen LogP contribution in [0, 0.1) is 5.92 Å². The summed E-state index contributed by atoms with van der Waals surface area (Å²) < 4.78 is 5.62. The number of methoxy groups -OCH3 is 1. The van der Waals surface area contributed by atoms with Gasteiger partial charge in [-0.05, 0) is 57.7 Å². The summed E-state index contributed by atoms with van der Waals surface area (Å²) in [5.41, 5.74) is 1.24. The fourth-order valence-electron chi connectivity index (χ4n) is 3.49. The largest absolute Gasteiger partial charge is 0.496 e. The second-order valence-corrected chi connectivity index (χ2v) is 7.04. The molecule has 0 spiro atoms. The van der Waals surface area contributed by atoms with Crippen molar-refractivity contribution in [2.75, 3.05) is 39.8 Å². The van der Waals surface area contributed by atoms with Gasteiger partial charge >= 0.3 is 0 Å². The Balaban J connectivity index is 0.00000243. The molecule has 26 heavy (non-hydrogen) atoms. The van der Waals surface area contributed by atoms with Gasteiger partial charge in [-0.15, -0.1) is 24.0 Å². The Hall–Kier alpha value is -1.02. The zero-order valence-corrected chi connectivity index (χ0v) is 18.4. The predicted molar refractivity (Wildman–Crippen MR) is 119 cm³/mol. The second kappa shape index (κ2) is 11.0. The number of para-hydroxylation sites is 1. The van der Waals surface area contributed by atoms with Crippen LogP contribution in [0.15, 0.2) is 29.3 Å². The van der Waals surface area contributed by atoms with Crippen molar-refractivity contribution in [3.05, 3.63) is 29.8 Å². The van der Waals surface area contributed by atoms with Crippen molar-refractivity contribution in [1.82, 2.24) is 15.5 Å². The fraction of sp³-hybridized carbons (Fsp3) is 0.650. The van der Waals surface area contributed by atoms with Crippen molar-refractivity contribution in [3.63, 3.8) is 0 Å². The van der Waals surface area contributed by atoms with Crippen molar-refractivity contribution in [2.45, 2.75) is 38.6 Å². The summed E-state index contributed by atoms with van der Waals surface area (Å²) in [6, 6.07) is 8.64. The van der Waals surface area contributed by atoms with Crippen LogP contribution in [0.3, 0.4) is 0 Å². The summed E-state index contributed by atoms with van der Waals surface area (Å²) in [4.78, 5) is 7.45. The van der Waals surface area contributed by atoms with E-state index in [0.29, 0.717) is 0 Å². The monoisotopic (exact) mass is 472 g/mol. The SMILES string of the molecule is CCNC(=NCC(c1ccccc1OC)N1CCCC1)NCC1CC1.I. The molecule has 6 heteroatoms. The average molecular weight is 472 g/mol. The van der Waals surface area contributed by atoms with Crippen molar-refractivity contribution in [1.29, 1.82) is 0 Å². The molecule has 0 bridgehead atoms. The highest BCUT2D eigenvalue weighted by Gasteiger charge is 2.26. The van der Waals surface area contributed by atoms with Crippen LogP contribution in [0.5, 0.6) is 5.75 Å². The van der Waals surface area contributed by atoms with E-state index in [1.165, 1.54) is 31.2 Å². The standard InChI is InChI=1S/C20H32N4O.HI/c1-3-21-20(22-14-16-10-11-16)23-15-18(24-12-6-7-13-24)17-8-4-5-9-19(17)25-2;/h4-5,8-9,16,18H,3,6-7,10-15H2,1-2H3,(H2,21,22,23);1H. The molecule has 1 aromatic carbocycles. The van der Waals surface area contributed by atoms with Crippen LogP contribution in [0.2, 0.25) is 0 Å². The molecule has 0 aromatic heterocycles. The van der Waals surface area contributed by atoms with Gasteiger partial charge < -0.3 is 15.4 Å². The lowest BCUT2D eigenvalue weighted by Gasteiger charge is -2.28. The molecular formula is C20H33IN4O. The maximum Gasteiger partial charge on any atom is 0.191 e. The number of benzene rings is 1. The molecule has 146 valence electrons. The smallest absolute Gasteiger partial charge is 0.191 e. The van der Waals surface area contributed by atoms with Crippen LogP contribution in [0.1, 0.15) is 44.2 Å². The molecule has 0 radical (unpaired) electrons. The van der Waals surface area contributed by atoms with Crippen LogP contribution < -0.4 is 15.4 Å². The van der Waals surface area contributed by atoms with Gasteiger partial charge in [0.1, 0.15) is 5.75 Å². The first-order valence-electron chi connectivity index (χ1n) is 9.71. The fourth-order valence-corrected chi connectivity index (χ4v) is 3.49. The van der Waals surface area contributed by atoms with Gasteiger partial charge in [0.25, 0.3) is 0 Å². The van der Waals surface area contributed by atoms with Gasteiger partial charge in [-0.1, -0.05) is 18.2 Å². The van der Waals surface area contributed by atoms with E-state index in [-0.39, 0.29) is 30.0 Å². The molecular weight excluding hydrogens is 439 g/mol. The van der Waals surface area contributed by atoms with Gasteiger partial charge in [-0.3, -0.25) is 9.89 Å². The van der Waals surface area contributed by atoms with E-state index in [2.05, 4.69) is 40.7 Å². The van der Waals surface area contributed by atoms with Crippen molar-refractivity contribution in [2.24, 2.45) is 10.9 Å². The van der Waals surface area contributed by atoms with Gasteiger partial charge in [0.15, 0.2) is 5.96 Å². The molecule has 1 saturated carbocycles. The Bertz CT molecular complexity index is 571. The predicted octanol–water partition coefficient (Wildman–Crippen LogP) is 3.42. The Morgan fingerprint density at radius 1 is 1.23 bits per heavy atom. The number of nitrogens with one attached hydrogen (secondary N) is 2. The molecule has 1 aromatic rings. The molecule has 5 nitrogen and oxygen atoms in total. The molecule has 1 saturated heterocycles. The third-order valence-corrected chi connectivity index (χ3v) is 5.10. The van der Waals surface area contributed by atoms with Crippen LogP contribution in [0.4, 0.5) is 0 Å². The first-order chi connectivity index (χ1) is 12.3. The third-order valence-electron chi connectivity index (χ3n) is 5.10. The molecule has 0 amide bonds. The summed E-state index contributed by atoms with van der Waals surface area (Å²) in [5.74, 6) is 2.74. The first-order valence-corrected chi connectivity index (χ1v) is 9.71. The van der Waals surface area contributed by atoms with Gasteiger partial charge in [0, 0.05) is 18.7 Å². The summed E-state index contributed by atoms with van der Waals surface area (Å²) in [6.45, 7) is 7.08. The molecule has 1 unspecified atom stereocenters. The minimum absolute atomic E-state index is 0. The van der Waals surface area contributed by atoms with E-state index in [4.69, 9.17) is 9.73 Å². The van der Waals surface area contributed by atoms with Gasteiger partial charge in [0.05, 0.1) is 19.7 Å². The minimum Gasteiger partial charge on any atom is -0.496 e. The highest BCUT2D eigenvalue weighted by atomic mass is 127. The van der Waals surface area contributed by atoms with E-state index in [1.54, 1.807) is 7.11 Å². The van der Waals surface area contributed by atoms with E-state index in [9.17, 15) is 0 Å². The summed E-state index contributed by atoms with van der Waals surface area (Å²) >= 11 is 0. The second-order valence-electron chi connectivity index (χ2n) is 7.04. The molecule has 1 atom stereocenters. The normalized spacial score (nSPS) is 18.9. The van der Waals surface area contributed by atoms with Gasteiger partial charge in [-0.25, -0.2) is 0 Å². The number of halogens is 1. The zero-order chi connectivity index (χ0) is 17.5. The maximum absolute atomic E-state index is 5.62. The maximum atomic E-state index is 5.62. The van der Waals surface area contributed by atoms with E-state index in [1.807, 2.05) is 6.07 Å². The molecule has 1 aliphatic carbocycles. The van der Waals surface area contributed by atoms with Crippen LogP contribution in [0.25, 0.3) is 0 Å². The van der Waals surface area contributed by atoms with E-state index in [0.717, 1.165) is 50.4 Å². The number of guanidine groups is 1. The summed E-state index contributed by atoms with van der Waals surface area (Å²) in [5, 5.41) is 6.88. The lowest BCUT2D eigenvalue weighted by Crippen LogP contribution is -2.39. The van der Waals surface area contributed by atoms with Crippen molar-refractivity contribution >= 4 is 29.9 Å². The Labute approximate surface area is 175 Å².